The van der Waals surface area contributed by atoms with Crippen LogP contribution in [0.4, 0.5) is 0 Å². The van der Waals surface area contributed by atoms with Crippen molar-refractivity contribution < 1.29 is 4.84 Å². The second-order valence-corrected chi connectivity index (χ2v) is 3.55. The molecule has 0 spiro atoms. The molecule has 0 bridgehead atoms. The van der Waals surface area contributed by atoms with E-state index < -0.39 is 0 Å². The van der Waals surface area contributed by atoms with Crippen LogP contribution in [0, 0.1) is 5.92 Å². The fraction of sp³-hybridized carbons (Fsp3) is 1.00. The zero-order valence-electron chi connectivity index (χ0n) is 8.18. The van der Waals surface area contributed by atoms with Crippen LogP contribution in [-0.4, -0.2) is 38.2 Å². The predicted octanol–water partition coefficient (Wildman–Crippen LogP) is 0.869. The molecule has 0 amide bonds. The van der Waals surface area contributed by atoms with E-state index in [4.69, 9.17) is 4.84 Å². The molecule has 1 rings (SSSR count). The molecule has 0 aromatic rings. The quantitative estimate of drug-likeness (QED) is 0.503. The number of hydrogen-bond donors (Lipinski definition) is 1. The fourth-order valence-corrected chi connectivity index (χ4v) is 1.72. The van der Waals surface area contributed by atoms with Crippen LogP contribution in [0.2, 0.25) is 0 Å². The average Bonchev–Trinajstić information content (AvgIpc) is 2.05. The van der Waals surface area contributed by atoms with E-state index in [0.29, 0.717) is 0 Å². The van der Waals surface area contributed by atoms with Gasteiger partial charge in [0.1, 0.15) is 0 Å². The van der Waals surface area contributed by atoms with Gasteiger partial charge in [0, 0.05) is 13.1 Å². The molecule has 72 valence electrons. The molecule has 1 unspecified atom stereocenters. The second kappa shape index (κ2) is 5.51. The Labute approximate surface area is 75.0 Å². The van der Waals surface area contributed by atoms with Gasteiger partial charge in [0.25, 0.3) is 0 Å². The topological polar surface area (TPSA) is 24.5 Å². The maximum absolute atomic E-state index is 5.10. The van der Waals surface area contributed by atoms with Crippen molar-refractivity contribution in [1.82, 2.24) is 10.4 Å². The number of nitrogens with one attached hydrogen (secondary N) is 1. The molecule has 1 atom stereocenters. The Morgan fingerprint density at radius 2 is 2.42 bits per heavy atom. The Morgan fingerprint density at radius 1 is 1.58 bits per heavy atom. The first-order valence-corrected chi connectivity index (χ1v) is 4.86. The normalized spacial score (nSPS) is 26.0. The molecule has 3 nitrogen and oxygen atoms in total. The van der Waals surface area contributed by atoms with Crippen LogP contribution >= 0.6 is 0 Å². The minimum Gasteiger partial charge on any atom is -0.306 e. The van der Waals surface area contributed by atoms with Crippen LogP contribution in [0.5, 0.6) is 0 Å². The number of likely N-dealkylation sites (tertiary alicyclic amines) is 1. The van der Waals surface area contributed by atoms with Crippen LogP contribution in [0.25, 0.3) is 0 Å². The highest BCUT2D eigenvalue weighted by Crippen LogP contribution is 2.13. The monoisotopic (exact) mass is 172 g/mol. The van der Waals surface area contributed by atoms with Crippen LogP contribution < -0.4 is 5.48 Å². The molecule has 3 heteroatoms. The highest BCUT2D eigenvalue weighted by atomic mass is 16.6. The summed E-state index contributed by atoms with van der Waals surface area (Å²) in [5.74, 6) is 0.773. The Balaban J connectivity index is 2.06. The van der Waals surface area contributed by atoms with E-state index in [2.05, 4.69) is 17.4 Å². The lowest BCUT2D eigenvalue weighted by Crippen LogP contribution is -2.37. The van der Waals surface area contributed by atoms with E-state index in [-0.39, 0.29) is 0 Å². The number of hydrogen-bond acceptors (Lipinski definition) is 3. The SMILES string of the molecule is CCONCC1CCCN(C)C1. The Bertz CT molecular complexity index is 119. The molecule has 1 aliphatic heterocycles. The van der Waals surface area contributed by atoms with Crippen LogP contribution in [0.3, 0.4) is 0 Å². The van der Waals surface area contributed by atoms with Gasteiger partial charge in [-0.1, -0.05) is 0 Å². The zero-order valence-corrected chi connectivity index (χ0v) is 8.18. The van der Waals surface area contributed by atoms with E-state index >= 15 is 0 Å². The van der Waals surface area contributed by atoms with Crippen molar-refractivity contribution in [3.05, 3.63) is 0 Å². The lowest BCUT2D eigenvalue weighted by atomic mass is 9.99. The van der Waals surface area contributed by atoms with Gasteiger partial charge >= 0.3 is 0 Å². The molecule has 0 aromatic carbocycles. The fourth-order valence-electron chi connectivity index (χ4n) is 1.72. The summed E-state index contributed by atoms with van der Waals surface area (Å²) in [6, 6.07) is 0. The largest absolute Gasteiger partial charge is 0.306 e. The van der Waals surface area contributed by atoms with E-state index in [9.17, 15) is 0 Å². The third-order valence-electron chi connectivity index (χ3n) is 2.34. The average molecular weight is 172 g/mol. The van der Waals surface area contributed by atoms with Gasteiger partial charge < -0.3 is 9.74 Å². The maximum atomic E-state index is 5.10. The first-order valence-electron chi connectivity index (χ1n) is 4.86. The molecule has 0 radical (unpaired) electrons. The van der Waals surface area contributed by atoms with Crippen molar-refractivity contribution in [3.8, 4) is 0 Å². The smallest absolute Gasteiger partial charge is 0.0653 e. The van der Waals surface area contributed by atoms with Crippen molar-refractivity contribution in [3.63, 3.8) is 0 Å². The summed E-state index contributed by atoms with van der Waals surface area (Å²) in [5, 5.41) is 0. The van der Waals surface area contributed by atoms with Crippen molar-refractivity contribution in [2.75, 3.05) is 33.3 Å². The first kappa shape index (κ1) is 9.96. The summed E-state index contributed by atoms with van der Waals surface area (Å²) in [5.41, 5.74) is 3.00. The first-order chi connectivity index (χ1) is 5.83. The Morgan fingerprint density at radius 3 is 3.08 bits per heavy atom. The van der Waals surface area contributed by atoms with E-state index in [0.717, 1.165) is 19.1 Å². The van der Waals surface area contributed by atoms with Gasteiger partial charge in [0.2, 0.25) is 0 Å². The molecule has 1 saturated heterocycles. The van der Waals surface area contributed by atoms with Crippen molar-refractivity contribution in [1.29, 1.82) is 0 Å². The van der Waals surface area contributed by atoms with Gasteiger partial charge in [-0.15, -0.1) is 0 Å². The Kier molecular flexibility index (Phi) is 4.58. The molecule has 0 aromatic heterocycles. The molecular formula is C9H20N2O. The molecule has 12 heavy (non-hydrogen) atoms. The standard InChI is InChI=1S/C9H20N2O/c1-3-12-10-7-9-5-4-6-11(2)8-9/h9-10H,3-8H2,1-2H3. The van der Waals surface area contributed by atoms with Crippen molar-refractivity contribution >= 4 is 0 Å². The maximum Gasteiger partial charge on any atom is 0.0653 e. The summed E-state index contributed by atoms with van der Waals surface area (Å²) in [6.07, 6.45) is 2.67. The summed E-state index contributed by atoms with van der Waals surface area (Å²) in [7, 11) is 2.19. The van der Waals surface area contributed by atoms with Crippen LogP contribution in [-0.2, 0) is 4.84 Å². The van der Waals surface area contributed by atoms with Crippen LogP contribution in [0.1, 0.15) is 19.8 Å². The summed E-state index contributed by atoms with van der Waals surface area (Å²) < 4.78 is 0. The lowest BCUT2D eigenvalue weighted by molar-refractivity contribution is 0.0331. The molecule has 0 saturated carbocycles. The van der Waals surface area contributed by atoms with Gasteiger partial charge in [-0.25, -0.2) is 5.48 Å². The minimum absolute atomic E-state index is 0.753. The third kappa shape index (κ3) is 3.52. The van der Waals surface area contributed by atoms with E-state index in [1.54, 1.807) is 0 Å². The molecular weight excluding hydrogens is 152 g/mol. The van der Waals surface area contributed by atoms with Gasteiger partial charge in [-0.2, -0.15) is 0 Å². The zero-order chi connectivity index (χ0) is 8.81. The van der Waals surface area contributed by atoms with Crippen molar-refractivity contribution in [2.24, 2.45) is 5.92 Å². The minimum atomic E-state index is 0.753. The number of piperidine rings is 1. The molecule has 1 heterocycles. The molecule has 1 fully saturated rings. The summed E-state index contributed by atoms with van der Waals surface area (Å²) in [4.78, 5) is 7.49. The van der Waals surface area contributed by atoms with Gasteiger partial charge in [0.15, 0.2) is 0 Å². The van der Waals surface area contributed by atoms with Gasteiger partial charge in [0.05, 0.1) is 6.61 Å². The lowest BCUT2D eigenvalue weighted by Gasteiger charge is -2.29. The van der Waals surface area contributed by atoms with E-state index in [1.165, 1.54) is 25.9 Å². The van der Waals surface area contributed by atoms with Gasteiger partial charge in [-0.3, -0.25) is 0 Å². The molecule has 1 N–H and O–H groups in total. The highest BCUT2D eigenvalue weighted by Gasteiger charge is 2.16. The van der Waals surface area contributed by atoms with Crippen molar-refractivity contribution in [2.45, 2.75) is 19.8 Å². The predicted molar refractivity (Wildman–Crippen MR) is 49.8 cm³/mol. The summed E-state index contributed by atoms with van der Waals surface area (Å²) >= 11 is 0. The van der Waals surface area contributed by atoms with Crippen LogP contribution in [0.15, 0.2) is 0 Å². The Hall–Kier alpha value is -0.120. The number of rotatable bonds is 4. The van der Waals surface area contributed by atoms with Gasteiger partial charge in [-0.05, 0) is 39.3 Å². The molecule has 0 aliphatic carbocycles. The highest BCUT2D eigenvalue weighted by molar-refractivity contribution is 4.70. The number of nitrogens with zero attached hydrogens (tertiary/aromatic N) is 1. The number of hydroxylamine groups is 1. The second-order valence-electron chi connectivity index (χ2n) is 3.55. The third-order valence-corrected chi connectivity index (χ3v) is 2.34. The summed E-state index contributed by atoms with van der Waals surface area (Å²) in [6.45, 7) is 6.21. The van der Waals surface area contributed by atoms with E-state index in [1.807, 2.05) is 6.92 Å². The molecule has 1 aliphatic rings.